The van der Waals surface area contributed by atoms with Crippen molar-refractivity contribution in [3.8, 4) is 0 Å². The Morgan fingerprint density at radius 2 is 0.617 bits per heavy atom. The van der Waals surface area contributed by atoms with E-state index in [9.17, 15) is 19.8 Å². The van der Waals surface area contributed by atoms with Crippen molar-refractivity contribution in [3.63, 3.8) is 0 Å². The highest BCUT2D eigenvalue weighted by atomic mass is 16.5. The lowest BCUT2D eigenvalue weighted by Gasteiger charge is -2.22. The average Bonchev–Trinajstić information content (AvgIpc) is 3.47. The maximum absolute atomic E-state index is 12.6. The topological polar surface area (TPSA) is 95.9 Å². The molecule has 0 radical (unpaired) electrons. The van der Waals surface area contributed by atoms with Crippen LogP contribution in [-0.2, 0) is 14.3 Å². The first kappa shape index (κ1) is 79.3. The number of aliphatic hydroxyl groups excluding tert-OH is 2. The number of amides is 1. The fourth-order valence-electron chi connectivity index (χ4n) is 11.9. The van der Waals surface area contributed by atoms with Gasteiger partial charge in [-0.15, -0.1) is 0 Å². The van der Waals surface area contributed by atoms with Crippen LogP contribution in [0.4, 0.5) is 0 Å². The summed E-state index contributed by atoms with van der Waals surface area (Å²) >= 11 is 0. The molecule has 6 nitrogen and oxygen atoms in total. The molecule has 480 valence electrons. The number of esters is 1. The molecular formula is C75H145NO5. The Bertz CT molecular complexity index is 1270. The first-order valence-electron chi connectivity index (χ1n) is 37.1. The molecule has 0 bridgehead atoms. The van der Waals surface area contributed by atoms with Crippen LogP contribution >= 0.6 is 0 Å². The zero-order valence-corrected chi connectivity index (χ0v) is 55.0. The fourth-order valence-corrected chi connectivity index (χ4v) is 11.9. The summed E-state index contributed by atoms with van der Waals surface area (Å²) in [5, 5.41) is 23.4. The Hall–Kier alpha value is -1.66. The molecule has 2 atom stereocenters. The van der Waals surface area contributed by atoms with Gasteiger partial charge in [-0.2, -0.15) is 0 Å². The Kier molecular flexibility index (Phi) is 69.4. The Morgan fingerprint density at radius 1 is 0.346 bits per heavy atom. The van der Waals surface area contributed by atoms with E-state index in [1.54, 1.807) is 0 Å². The molecule has 2 unspecified atom stereocenters. The lowest BCUT2D eigenvalue weighted by Crippen LogP contribution is -2.45. The molecule has 0 rings (SSSR count). The minimum atomic E-state index is -0.670. The molecule has 0 aliphatic heterocycles. The number of hydrogen-bond donors (Lipinski definition) is 3. The van der Waals surface area contributed by atoms with Gasteiger partial charge in [-0.1, -0.05) is 372 Å². The van der Waals surface area contributed by atoms with Gasteiger partial charge in [-0.25, -0.2) is 0 Å². The van der Waals surface area contributed by atoms with E-state index >= 15 is 0 Å². The van der Waals surface area contributed by atoms with Crippen LogP contribution in [0.3, 0.4) is 0 Å². The molecule has 1 amide bonds. The van der Waals surface area contributed by atoms with Gasteiger partial charge in [0.1, 0.15) is 0 Å². The van der Waals surface area contributed by atoms with Crippen molar-refractivity contribution >= 4 is 11.9 Å². The minimum absolute atomic E-state index is 0.0140. The summed E-state index contributed by atoms with van der Waals surface area (Å²) in [6.07, 6.45) is 89.5. The van der Waals surface area contributed by atoms with Crippen molar-refractivity contribution in [2.75, 3.05) is 13.2 Å². The van der Waals surface area contributed by atoms with Crippen LogP contribution in [0.1, 0.15) is 418 Å². The summed E-state index contributed by atoms with van der Waals surface area (Å²) in [5.74, 6) is -0.0223. The SMILES string of the molecule is CCCCCCCCCCCCCCCCCCCCCCCCC(O)C(CO)NC(=O)CCCCCCCCCCC/C=C\C/C=C\CCCCCCCCCCCOC(=O)CCCCCCCCCCCCCCCCCCC. The van der Waals surface area contributed by atoms with Gasteiger partial charge in [0.05, 0.1) is 25.4 Å². The van der Waals surface area contributed by atoms with Crippen LogP contribution in [0.5, 0.6) is 0 Å². The van der Waals surface area contributed by atoms with Crippen LogP contribution < -0.4 is 5.32 Å². The third kappa shape index (κ3) is 67.3. The normalized spacial score (nSPS) is 12.6. The molecular weight excluding hydrogens is 995 g/mol. The van der Waals surface area contributed by atoms with Crippen LogP contribution in [0, 0.1) is 0 Å². The number of unbranched alkanes of at least 4 members (excludes halogenated alkanes) is 55. The van der Waals surface area contributed by atoms with Crippen molar-refractivity contribution in [1.29, 1.82) is 0 Å². The van der Waals surface area contributed by atoms with Gasteiger partial charge < -0.3 is 20.3 Å². The van der Waals surface area contributed by atoms with Crippen LogP contribution in [0.25, 0.3) is 0 Å². The largest absolute Gasteiger partial charge is 0.466 e. The molecule has 0 fully saturated rings. The second-order valence-corrected chi connectivity index (χ2v) is 25.6. The predicted molar refractivity (Wildman–Crippen MR) is 356 cm³/mol. The van der Waals surface area contributed by atoms with Gasteiger partial charge in [0.25, 0.3) is 0 Å². The van der Waals surface area contributed by atoms with E-state index in [1.807, 2.05) is 0 Å². The molecule has 0 spiro atoms. The number of nitrogens with one attached hydrogen (secondary N) is 1. The molecule has 0 heterocycles. The second-order valence-electron chi connectivity index (χ2n) is 25.6. The van der Waals surface area contributed by atoms with E-state index in [1.165, 1.54) is 340 Å². The van der Waals surface area contributed by atoms with Crippen LogP contribution in [0.15, 0.2) is 24.3 Å². The highest BCUT2D eigenvalue weighted by Crippen LogP contribution is 2.19. The smallest absolute Gasteiger partial charge is 0.305 e. The van der Waals surface area contributed by atoms with Gasteiger partial charge >= 0.3 is 5.97 Å². The van der Waals surface area contributed by atoms with Crippen molar-refractivity contribution < 1.29 is 24.5 Å². The van der Waals surface area contributed by atoms with Crippen LogP contribution in [0.2, 0.25) is 0 Å². The molecule has 81 heavy (non-hydrogen) atoms. The predicted octanol–water partition coefficient (Wildman–Crippen LogP) is 24.1. The van der Waals surface area contributed by atoms with Gasteiger partial charge in [-0.05, 0) is 57.8 Å². The van der Waals surface area contributed by atoms with Crippen molar-refractivity contribution in [1.82, 2.24) is 5.32 Å². The summed E-state index contributed by atoms with van der Waals surface area (Å²) in [5.41, 5.74) is 0. The van der Waals surface area contributed by atoms with Gasteiger partial charge in [0, 0.05) is 12.8 Å². The quantitative estimate of drug-likeness (QED) is 0.0320. The zero-order valence-electron chi connectivity index (χ0n) is 55.0. The molecule has 0 aliphatic carbocycles. The van der Waals surface area contributed by atoms with Gasteiger partial charge in [-0.3, -0.25) is 9.59 Å². The van der Waals surface area contributed by atoms with E-state index in [0.29, 0.717) is 25.9 Å². The van der Waals surface area contributed by atoms with E-state index in [4.69, 9.17) is 4.74 Å². The first-order chi connectivity index (χ1) is 40.0. The number of carbonyl (C=O) groups excluding carboxylic acids is 2. The van der Waals surface area contributed by atoms with Crippen molar-refractivity contribution in [2.24, 2.45) is 0 Å². The summed E-state index contributed by atoms with van der Waals surface area (Å²) in [7, 11) is 0. The van der Waals surface area contributed by atoms with E-state index in [0.717, 1.165) is 44.9 Å². The van der Waals surface area contributed by atoms with E-state index < -0.39 is 12.1 Å². The number of hydrogen-bond acceptors (Lipinski definition) is 5. The average molecular weight is 1140 g/mol. The fraction of sp³-hybridized carbons (Fsp3) is 0.920. The summed E-state index contributed by atoms with van der Waals surface area (Å²) < 4.78 is 5.50. The number of rotatable bonds is 70. The van der Waals surface area contributed by atoms with E-state index in [-0.39, 0.29) is 18.5 Å². The summed E-state index contributed by atoms with van der Waals surface area (Å²) in [4.78, 5) is 24.7. The molecule has 0 aromatic carbocycles. The molecule has 3 N–H and O–H groups in total. The zero-order chi connectivity index (χ0) is 58.5. The third-order valence-corrected chi connectivity index (χ3v) is 17.5. The molecule has 0 aromatic heterocycles. The minimum Gasteiger partial charge on any atom is -0.466 e. The standard InChI is InChI=1S/C75H145NO5/c1-3-5-7-9-11-13-15-17-19-21-22-23-29-32-36-39-43-47-51-55-59-63-67-73(78)72(71-77)76-74(79)68-64-60-56-52-48-44-40-37-33-30-27-25-24-26-28-31-34-38-42-46-50-54-58-62-66-70-81-75(80)69-65-61-57-53-49-45-41-35-20-18-16-14-12-10-8-6-4-2/h25-28,72-73,77-78H,3-24,29-71H2,1-2H3,(H,76,79)/b27-25-,28-26-. The Morgan fingerprint density at radius 3 is 0.938 bits per heavy atom. The van der Waals surface area contributed by atoms with Crippen molar-refractivity contribution in [2.45, 2.75) is 431 Å². The molecule has 0 saturated carbocycles. The Balaban J connectivity index is 3.41. The molecule has 0 aliphatic rings. The number of ether oxygens (including phenoxy) is 1. The third-order valence-electron chi connectivity index (χ3n) is 17.5. The second kappa shape index (κ2) is 70.8. The maximum Gasteiger partial charge on any atom is 0.305 e. The number of aliphatic hydroxyl groups is 2. The molecule has 0 saturated heterocycles. The van der Waals surface area contributed by atoms with Gasteiger partial charge in [0.2, 0.25) is 5.91 Å². The summed E-state index contributed by atoms with van der Waals surface area (Å²) in [6.45, 7) is 5.00. The van der Waals surface area contributed by atoms with Crippen LogP contribution in [-0.4, -0.2) is 47.4 Å². The Labute approximate surface area is 507 Å². The number of carbonyl (C=O) groups is 2. The van der Waals surface area contributed by atoms with Crippen molar-refractivity contribution in [3.05, 3.63) is 24.3 Å². The molecule has 6 heteroatoms. The molecule has 0 aromatic rings. The summed E-state index contributed by atoms with van der Waals surface area (Å²) in [6, 6.07) is -0.547. The highest BCUT2D eigenvalue weighted by molar-refractivity contribution is 5.76. The van der Waals surface area contributed by atoms with Gasteiger partial charge in [0.15, 0.2) is 0 Å². The lowest BCUT2D eigenvalue weighted by atomic mass is 10.0. The monoisotopic (exact) mass is 1140 g/mol. The lowest BCUT2D eigenvalue weighted by molar-refractivity contribution is -0.143. The van der Waals surface area contributed by atoms with E-state index in [2.05, 4.69) is 43.5 Å². The maximum atomic E-state index is 12.6. The highest BCUT2D eigenvalue weighted by Gasteiger charge is 2.20. The number of allylic oxidation sites excluding steroid dienone is 4. The first-order valence-corrected chi connectivity index (χ1v) is 37.1.